The summed E-state index contributed by atoms with van der Waals surface area (Å²) < 4.78 is 19.2. The van der Waals surface area contributed by atoms with E-state index in [0.717, 1.165) is 16.8 Å². The second-order valence-corrected chi connectivity index (χ2v) is 6.15. The summed E-state index contributed by atoms with van der Waals surface area (Å²) in [4.78, 5) is 16.2. The number of hydrogen-bond acceptors (Lipinski definition) is 3. The van der Waals surface area contributed by atoms with Gasteiger partial charge < -0.3 is 15.1 Å². The maximum absolute atomic E-state index is 13.7. The normalized spacial score (nSPS) is 10.6. The van der Waals surface area contributed by atoms with Gasteiger partial charge in [-0.15, -0.1) is 0 Å². The van der Waals surface area contributed by atoms with Crippen molar-refractivity contribution in [3.05, 3.63) is 70.8 Å². The van der Waals surface area contributed by atoms with E-state index in [-0.39, 0.29) is 10.7 Å². The van der Waals surface area contributed by atoms with E-state index in [9.17, 15) is 9.18 Å². The number of aromatic nitrogens is 1. The fraction of sp³-hybridized carbons (Fsp3) is 0.158. The molecule has 134 valence electrons. The van der Waals surface area contributed by atoms with Crippen LogP contribution in [0.5, 0.6) is 0 Å². The van der Waals surface area contributed by atoms with Crippen LogP contribution in [0.1, 0.15) is 11.3 Å². The largest absolute Gasteiger partial charge is 0.444 e. The predicted octanol–water partition coefficient (Wildman–Crippen LogP) is 4.81. The fourth-order valence-electron chi connectivity index (χ4n) is 2.32. The number of hydrogen-bond donors (Lipinski definition) is 2. The van der Waals surface area contributed by atoms with E-state index in [1.165, 1.54) is 12.1 Å². The van der Waals surface area contributed by atoms with Gasteiger partial charge >= 0.3 is 6.03 Å². The molecule has 5 nitrogen and oxygen atoms in total. The van der Waals surface area contributed by atoms with Crippen molar-refractivity contribution in [3.63, 3.8) is 0 Å². The van der Waals surface area contributed by atoms with Crippen LogP contribution in [0.3, 0.4) is 0 Å². The summed E-state index contributed by atoms with van der Waals surface area (Å²) in [6, 6.07) is 11.7. The molecule has 7 heteroatoms. The van der Waals surface area contributed by atoms with Crippen molar-refractivity contribution in [1.29, 1.82) is 0 Å². The van der Waals surface area contributed by atoms with Gasteiger partial charge in [0.25, 0.3) is 0 Å². The molecule has 0 radical (unpaired) electrons. The molecule has 0 aliphatic rings. The minimum absolute atomic E-state index is 0.0260. The number of urea groups is 1. The minimum Gasteiger partial charge on any atom is -0.444 e. The monoisotopic (exact) mass is 373 g/mol. The van der Waals surface area contributed by atoms with Crippen molar-refractivity contribution in [2.75, 3.05) is 11.9 Å². The molecule has 0 unspecified atom stereocenters. The summed E-state index contributed by atoms with van der Waals surface area (Å²) in [6.07, 6.45) is 2.05. The molecule has 0 aliphatic carbocycles. The number of carbonyl (C=O) groups is 1. The Labute approximate surface area is 155 Å². The van der Waals surface area contributed by atoms with Gasteiger partial charge in [-0.1, -0.05) is 35.4 Å². The van der Waals surface area contributed by atoms with E-state index < -0.39 is 11.8 Å². The molecule has 26 heavy (non-hydrogen) atoms. The number of amides is 2. The van der Waals surface area contributed by atoms with Crippen LogP contribution in [-0.4, -0.2) is 17.6 Å². The second-order valence-electron chi connectivity index (χ2n) is 5.74. The average molecular weight is 374 g/mol. The highest BCUT2D eigenvalue weighted by Crippen LogP contribution is 2.22. The molecule has 1 heterocycles. The number of nitrogens with one attached hydrogen (secondary N) is 2. The maximum Gasteiger partial charge on any atom is 0.319 e. The van der Waals surface area contributed by atoms with Crippen LogP contribution >= 0.6 is 11.6 Å². The molecule has 2 aromatic carbocycles. The molecule has 3 rings (SSSR count). The fourth-order valence-corrected chi connectivity index (χ4v) is 2.50. The highest BCUT2D eigenvalue weighted by Gasteiger charge is 2.10. The number of oxazole rings is 1. The first kappa shape index (κ1) is 17.9. The Morgan fingerprint density at radius 2 is 2.00 bits per heavy atom. The highest BCUT2D eigenvalue weighted by atomic mass is 35.5. The Balaban J connectivity index is 1.51. The van der Waals surface area contributed by atoms with Gasteiger partial charge in [-0.2, -0.15) is 0 Å². The first-order valence-electron chi connectivity index (χ1n) is 8.03. The van der Waals surface area contributed by atoms with Gasteiger partial charge in [0.2, 0.25) is 5.89 Å². The Kier molecular flexibility index (Phi) is 5.53. The molecule has 0 fully saturated rings. The van der Waals surface area contributed by atoms with Crippen molar-refractivity contribution in [2.45, 2.75) is 13.3 Å². The van der Waals surface area contributed by atoms with Crippen molar-refractivity contribution in [2.24, 2.45) is 0 Å². The number of aryl methyl sites for hydroxylation is 1. The van der Waals surface area contributed by atoms with Crippen LogP contribution in [0.15, 0.2) is 53.1 Å². The first-order chi connectivity index (χ1) is 12.5. The van der Waals surface area contributed by atoms with Gasteiger partial charge in [-0.05, 0) is 31.2 Å². The van der Waals surface area contributed by atoms with Gasteiger partial charge in [0, 0.05) is 18.5 Å². The minimum atomic E-state index is -0.663. The Morgan fingerprint density at radius 3 is 2.77 bits per heavy atom. The standard InChI is InChI=1S/C19H17ClFN3O2/c1-12-5-7-13(8-6-12)18-23-14(11-26-18)9-10-22-19(25)24-16-4-2-3-15(20)17(16)21/h2-8,11H,9-10H2,1H3,(H2,22,24,25). The molecule has 0 atom stereocenters. The number of nitrogens with zero attached hydrogens (tertiary/aromatic N) is 1. The van der Waals surface area contributed by atoms with Crippen molar-refractivity contribution < 1.29 is 13.6 Å². The smallest absolute Gasteiger partial charge is 0.319 e. The van der Waals surface area contributed by atoms with E-state index in [1.807, 2.05) is 31.2 Å². The van der Waals surface area contributed by atoms with E-state index in [4.69, 9.17) is 16.0 Å². The molecule has 2 amide bonds. The van der Waals surface area contributed by atoms with Gasteiger partial charge in [-0.25, -0.2) is 14.2 Å². The number of anilines is 1. The lowest BCUT2D eigenvalue weighted by Gasteiger charge is -2.08. The summed E-state index contributed by atoms with van der Waals surface area (Å²) >= 11 is 5.68. The molecule has 0 saturated heterocycles. The molecule has 2 N–H and O–H groups in total. The number of rotatable bonds is 5. The summed E-state index contributed by atoms with van der Waals surface area (Å²) in [7, 11) is 0. The average Bonchev–Trinajstić information content (AvgIpc) is 3.08. The summed E-state index contributed by atoms with van der Waals surface area (Å²) in [6.45, 7) is 2.34. The molecule has 0 spiro atoms. The lowest BCUT2D eigenvalue weighted by molar-refractivity contribution is 0.252. The quantitative estimate of drug-likeness (QED) is 0.674. The summed E-state index contributed by atoms with van der Waals surface area (Å²) in [5.74, 6) is -0.131. The zero-order valence-electron chi connectivity index (χ0n) is 14.1. The van der Waals surface area contributed by atoms with Crippen LogP contribution in [-0.2, 0) is 6.42 Å². The number of halogens is 2. The molecule has 3 aromatic rings. The summed E-state index contributed by atoms with van der Waals surface area (Å²) in [5.41, 5.74) is 2.80. The van der Waals surface area contributed by atoms with Gasteiger partial charge in [0.15, 0.2) is 5.82 Å². The topological polar surface area (TPSA) is 67.2 Å². The number of benzene rings is 2. The molecular weight excluding hydrogens is 357 g/mol. The molecule has 0 bridgehead atoms. The third-order valence-electron chi connectivity index (χ3n) is 3.72. The van der Waals surface area contributed by atoms with Crippen molar-refractivity contribution >= 4 is 23.3 Å². The summed E-state index contributed by atoms with van der Waals surface area (Å²) in [5, 5.41) is 5.01. The van der Waals surface area contributed by atoms with Crippen LogP contribution in [0.4, 0.5) is 14.9 Å². The first-order valence-corrected chi connectivity index (χ1v) is 8.41. The lowest BCUT2D eigenvalue weighted by Crippen LogP contribution is -2.30. The van der Waals surface area contributed by atoms with Crippen LogP contribution in [0, 0.1) is 12.7 Å². The lowest BCUT2D eigenvalue weighted by atomic mass is 10.1. The zero-order chi connectivity index (χ0) is 18.5. The Morgan fingerprint density at radius 1 is 1.23 bits per heavy atom. The molecule has 0 aliphatic heterocycles. The molecular formula is C19H17ClFN3O2. The van der Waals surface area contributed by atoms with E-state index in [0.29, 0.717) is 18.9 Å². The van der Waals surface area contributed by atoms with E-state index in [2.05, 4.69) is 15.6 Å². The molecule has 1 aromatic heterocycles. The Bertz CT molecular complexity index is 909. The highest BCUT2D eigenvalue weighted by molar-refractivity contribution is 6.31. The third kappa shape index (κ3) is 4.40. The third-order valence-corrected chi connectivity index (χ3v) is 4.01. The SMILES string of the molecule is Cc1ccc(-c2nc(CCNC(=O)Nc3cccc(Cl)c3F)co2)cc1. The Hall–Kier alpha value is -2.86. The van der Waals surface area contributed by atoms with Gasteiger partial charge in [0.05, 0.1) is 16.4 Å². The van der Waals surface area contributed by atoms with E-state index in [1.54, 1.807) is 12.3 Å². The van der Waals surface area contributed by atoms with E-state index >= 15 is 0 Å². The number of carbonyl (C=O) groups excluding carboxylic acids is 1. The van der Waals surface area contributed by atoms with Crippen molar-refractivity contribution in [3.8, 4) is 11.5 Å². The van der Waals surface area contributed by atoms with Crippen LogP contribution in [0.2, 0.25) is 5.02 Å². The zero-order valence-corrected chi connectivity index (χ0v) is 14.8. The van der Waals surface area contributed by atoms with Crippen LogP contribution < -0.4 is 10.6 Å². The van der Waals surface area contributed by atoms with Gasteiger partial charge in [0.1, 0.15) is 6.26 Å². The molecule has 0 saturated carbocycles. The second kappa shape index (κ2) is 8.01. The maximum atomic E-state index is 13.7. The van der Waals surface area contributed by atoms with Gasteiger partial charge in [-0.3, -0.25) is 0 Å². The van der Waals surface area contributed by atoms with Crippen molar-refractivity contribution in [1.82, 2.24) is 10.3 Å². The van der Waals surface area contributed by atoms with Crippen LogP contribution in [0.25, 0.3) is 11.5 Å². The predicted molar refractivity (Wildman–Crippen MR) is 98.8 cm³/mol.